The summed E-state index contributed by atoms with van der Waals surface area (Å²) in [5, 5.41) is 15.3. The number of aromatic nitrogens is 5. The predicted molar refractivity (Wildman–Crippen MR) is 129 cm³/mol. The zero-order valence-electron chi connectivity index (χ0n) is 20.6. The van der Waals surface area contributed by atoms with Gasteiger partial charge in [0.05, 0.1) is 6.10 Å². The summed E-state index contributed by atoms with van der Waals surface area (Å²) in [6, 6.07) is 8.24. The summed E-state index contributed by atoms with van der Waals surface area (Å²) in [7, 11) is 0. The Morgan fingerprint density at radius 1 is 1.19 bits per heavy atom. The SMILES string of the molecule is CC(C)(C)NC(=O)[C@@H](c1ccncc1)N(C[C@@H]1CCCO1)C(=O)Cn1nnc(-c2ccc(F)cc2)n1. The van der Waals surface area contributed by atoms with Gasteiger partial charge in [0.1, 0.15) is 18.4 Å². The molecule has 0 unspecified atom stereocenters. The minimum Gasteiger partial charge on any atom is -0.376 e. The number of pyridine rings is 1. The van der Waals surface area contributed by atoms with Gasteiger partial charge in [0, 0.05) is 36.6 Å². The van der Waals surface area contributed by atoms with Gasteiger partial charge in [-0.25, -0.2) is 4.39 Å². The lowest BCUT2D eigenvalue weighted by Crippen LogP contribution is -2.51. The van der Waals surface area contributed by atoms with Gasteiger partial charge in [0.15, 0.2) is 0 Å². The molecule has 0 aliphatic carbocycles. The van der Waals surface area contributed by atoms with Crippen molar-refractivity contribution < 1.29 is 18.7 Å². The lowest BCUT2D eigenvalue weighted by molar-refractivity contribution is -0.144. The van der Waals surface area contributed by atoms with Crippen molar-refractivity contribution in [3.8, 4) is 11.4 Å². The lowest BCUT2D eigenvalue weighted by atomic mass is 10.0. The molecule has 190 valence electrons. The molecule has 0 spiro atoms. The van der Waals surface area contributed by atoms with Gasteiger partial charge >= 0.3 is 0 Å². The van der Waals surface area contributed by atoms with E-state index in [4.69, 9.17) is 4.74 Å². The molecule has 2 aromatic heterocycles. The normalized spacial score (nSPS) is 16.5. The highest BCUT2D eigenvalue weighted by molar-refractivity contribution is 5.89. The van der Waals surface area contributed by atoms with E-state index in [1.54, 1.807) is 36.7 Å². The first-order valence-corrected chi connectivity index (χ1v) is 11.9. The van der Waals surface area contributed by atoms with E-state index in [0.717, 1.165) is 12.8 Å². The van der Waals surface area contributed by atoms with Gasteiger partial charge in [0.25, 0.3) is 0 Å². The van der Waals surface area contributed by atoms with Crippen LogP contribution in [0.1, 0.15) is 45.2 Å². The minimum absolute atomic E-state index is 0.181. The molecule has 2 atom stereocenters. The number of carbonyl (C=O) groups is 2. The van der Waals surface area contributed by atoms with Crippen molar-refractivity contribution in [3.63, 3.8) is 0 Å². The summed E-state index contributed by atoms with van der Waals surface area (Å²) in [6.45, 7) is 6.28. The van der Waals surface area contributed by atoms with Crippen LogP contribution in [0, 0.1) is 5.82 Å². The number of carbonyl (C=O) groups excluding carboxylic acids is 2. The van der Waals surface area contributed by atoms with Gasteiger partial charge in [-0.1, -0.05) is 0 Å². The number of hydrogen-bond acceptors (Lipinski definition) is 7. The smallest absolute Gasteiger partial charge is 0.247 e. The van der Waals surface area contributed by atoms with E-state index in [9.17, 15) is 14.0 Å². The standard InChI is InChI=1S/C25H30FN7O3/c1-25(2,3)28-24(35)22(17-10-12-27-13-11-17)32(15-20-5-4-14-36-20)21(34)16-33-30-23(29-31-33)18-6-8-19(26)9-7-18/h6-13,20,22H,4-5,14-16H2,1-3H3,(H,28,35)/t20-,22+/m0/s1. The number of ether oxygens (including phenoxy) is 1. The van der Waals surface area contributed by atoms with E-state index < -0.39 is 11.6 Å². The highest BCUT2D eigenvalue weighted by Gasteiger charge is 2.35. The second-order valence-electron chi connectivity index (χ2n) is 9.75. The Balaban J connectivity index is 1.62. The van der Waals surface area contributed by atoms with Gasteiger partial charge in [-0.2, -0.15) is 4.80 Å². The Morgan fingerprint density at radius 3 is 2.56 bits per heavy atom. The molecule has 1 fully saturated rings. The number of benzene rings is 1. The first kappa shape index (κ1) is 25.4. The maximum absolute atomic E-state index is 13.7. The van der Waals surface area contributed by atoms with Crippen LogP contribution in [0.2, 0.25) is 0 Å². The molecule has 11 heteroatoms. The van der Waals surface area contributed by atoms with Crippen LogP contribution in [-0.4, -0.2) is 66.7 Å². The molecule has 3 aromatic rings. The van der Waals surface area contributed by atoms with Gasteiger partial charge < -0.3 is 15.0 Å². The van der Waals surface area contributed by atoms with Crippen molar-refractivity contribution in [2.45, 2.75) is 57.8 Å². The molecular formula is C25H30FN7O3. The van der Waals surface area contributed by atoms with E-state index in [-0.39, 0.29) is 42.6 Å². The van der Waals surface area contributed by atoms with Crippen molar-refractivity contribution >= 4 is 11.8 Å². The number of rotatable bonds is 8. The van der Waals surface area contributed by atoms with Crippen molar-refractivity contribution in [2.24, 2.45) is 0 Å². The lowest BCUT2D eigenvalue weighted by Gasteiger charge is -2.34. The molecule has 1 aliphatic rings. The second-order valence-corrected chi connectivity index (χ2v) is 9.75. The molecule has 1 aliphatic heterocycles. The third kappa shape index (κ3) is 6.48. The predicted octanol–water partition coefficient (Wildman–Crippen LogP) is 2.54. The fourth-order valence-corrected chi connectivity index (χ4v) is 4.05. The molecule has 3 heterocycles. The number of amides is 2. The summed E-state index contributed by atoms with van der Waals surface area (Å²) in [5.74, 6) is -0.774. The minimum atomic E-state index is -0.899. The molecule has 1 aromatic carbocycles. The first-order valence-electron chi connectivity index (χ1n) is 11.9. The van der Waals surface area contributed by atoms with Crippen LogP contribution in [0.15, 0.2) is 48.8 Å². The Morgan fingerprint density at radius 2 is 1.92 bits per heavy atom. The maximum Gasteiger partial charge on any atom is 0.247 e. The van der Waals surface area contributed by atoms with E-state index in [0.29, 0.717) is 17.7 Å². The van der Waals surface area contributed by atoms with Crippen LogP contribution in [-0.2, 0) is 20.9 Å². The fourth-order valence-electron chi connectivity index (χ4n) is 4.05. The van der Waals surface area contributed by atoms with Gasteiger partial charge in [0.2, 0.25) is 17.6 Å². The molecule has 36 heavy (non-hydrogen) atoms. The Labute approximate surface area is 208 Å². The zero-order valence-corrected chi connectivity index (χ0v) is 20.6. The maximum atomic E-state index is 13.7. The molecule has 2 amide bonds. The highest BCUT2D eigenvalue weighted by Crippen LogP contribution is 2.25. The number of hydrogen-bond donors (Lipinski definition) is 1. The number of nitrogens with zero attached hydrogens (tertiary/aromatic N) is 6. The van der Waals surface area contributed by atoms with Gasteiger partial charge in [-0.3, -0.25) is 14.6 Å². The van der Waals surface area contributed by atoms with Crippen LogP contribution in [0.3, 0.4) is 0 Å². The molecular weight excluding hydrogens is 465 g/mol. The van der Waals surface area contributed by atoms with Crippen LogP contribution >= 0.6 is 0 Å². The third-order valence-corrected chi connectivity index (χ3v) is 5.66. The van der Waals surface area contributed by atoms with Crippen molar-refractivity contribution in [3.05, 3.63) is 60.2 Å². The summed E-state index contributed by atoms with van der Waals surface area (Å²) >= 11 is 0. The van der Waals surface area contributed by atoms with Crippen molar-refractivity contribution in [1.82, 2.24) is 35.4 Å². The molecule has 4 rings (SSSR count). The molecule has 1 N–H and O–H groups in total. The number of halogens is 1. The van der Waals surface area contributed by atoms with Crippen molar-refractivity contribution in [2.75, 3.05) is 13.2 Å². The Kier molecular flexibility index (Phi) is 7.68. The summed E-state index contributed by atoms with van der Waals surface area (Å²) in [5.41, 5.74) is 0.709. The summed E-state index contributed by atoms with van der Waals surface area (Å²) in [4.78, 5) is 33.9. The van der Waals surface area contributed by atoms with E-state index in [1.165, 1.54) is 21.8 Å². The first-order chi connectivity index (χ1) is 17.2. The quantitative estimate of drug-likeness (QED) is 0.511. The highest BCUT2D eigenvalue weighted by atomic mass is 19.1. The largest absolute Gasteiger partial charge is 0.376 e. The van der Waals surface area contributed by atoms with Gasteiger partial charge in [-0.15, -0.1) is 10.2 Å². The van der Waals surface area contributed by atoms with Crippen molar-refractivity contribution in [1.29, 1.82) is 0 Å². The molecule has 1 saturated heterocycles. The fraction of sp³-hybridized carbons (Fsp3) is 0.440. The van der Waals surface area contributed by atoms with E-state index >= 15 is 0 Å². The molecule has 0 radical (unpaired) electrons. The topological polar surface area (TPSA) is 115 Å². The number of nitrogens with one attached hydrogen (secondary N) is 1. The van der Waals surface area contributed by atoms with Crippen LogP contribution in [0.25, 0.3) is 11.4 Å². The Hall–Kier alpha value is -3.73. The summed E-state index contributed by atoms with van der Waals surface area (Å²) < 4.78 is 19.1. The van der Waals surface area contributed by atoms with Gasteiger partial charge in [-0.05, 0) is 80.8 Å². The van der Waals surface area contributed by atoms with Crippen LogP contribution in [0.5, 0.6) is 0 Å². The van der Waals surface area contributed by atoms with E-state index in [1.807, 2.05) is 20.8 Å². The van der Waals surface area contributed by atoms with Crippen LogP contribution in [0.4, 0.5) is 4.39 Å². The molecule has 10 nitrogen and oxygen atoms in total. The monoisotopic (exact) mass is 495 g/mol. The molecule has 0 bridgehead atoms. The second kappa shape index (κ2) is 10.9. The third-order valence-electron chi connectivity index (χ3n) is 5.66. The molecule has 0 saturated carbocycles. The Bertz CT molecular complexity index is 1170. The van der Waals surface area contributed by atoms with Crippen LogP contribution < -0.4 is 5.32 Å². The summed E-state index contributed by atoms with van der Waals surface area (Å²) in [6.07, 6.45) is 4.69. The zero-order chi connectivity index (χ0) is 25.7. The average molecular weight is 496 g/mol. The average Bonchev–Trinajstić information content (AvgIpc) is 3.51. The van der Waals surface area contributed by atoms with E-state index in [2.05, 4.69) is 25.7 Å². The number of tetrazole rings is 1.